The second kappa shape index (κ2) is 9.91. The van der Waals surface area contributed by atoms with Gasteiger partial charge in [0.05, 0.1) is 21.6 Å². The number of ether oxygens (including phenoxy) is 1. The van der Waals surface area contributed by atoms with Gasteiger partial charge in [-0.1, -0.05) is 29.3 Å². The summed E-state index contributed by atoms with van der Waals surface area (Å²) in [4.78, 5) is 12.5. The van der Waals surface area contributed by atoms with Crippen LogP contribution in [0.15, 0.2) is 47.4 Å². The van der Waals surface area contributed by atoms with Crippen LogP contribution in [0.3, 0.4) is 0 Å². The predicted molar refractivity (Wildman–Crippen MR) is 111 cm³/mol. The van der Waals surface area contributed by atoms with Gasteiger partial charge < -0.3 is 10.1 Å². The van der Waals surface area contributed by atoms with Crippen molar-refractivity contribution < 1.29 is 17.9 Å². The first-order valence-electron chi connectivity index (χ1n) is 8.98. The predicted octanol–water partition coefficient (Wildman–Crippen LogP) is 3.99. The summed E-state index contributed by atoms with van der Waals surface area (Å²) in [6.45, 7) is 6.75. The Labute approximate surface area is 171 Å². The van der Waals surface area contributed by atoms with Crippen molar-refractivity contribution in [2.24, 2.45) is 0 Å². The van der Waals surface area contributed by atoms with E-state index in [-0.39, 0.29) is 33.2 Å². The lowest BCUT2D eigenvalue weighted by molar-refractivity contribution is 0.0757. The van der Waals surface area contributed by atoms with E-state index in [4.69, 9.17) is 16.3 Å². The third-order valence-electron chi connectivity index (χ3n) is 3.85. The highest BCUT2D eigenvalue weighted by molar-refractivity contribution is 7.92. The Morgan fingerprint density at radius 2 is 1.82 bits per heavy atom. The average molecular weight is 425 g/mol. The molecule has 0 atom stereocenters. The van der Waals surface area contributed by atoms with Gasteiger partial charge in [-0.25, -0.2) is 8.42 Å². The van der Waals surface area contributed by atoms with E-state index < -0.39 is 10.0 Å². The Balaban J connectivity index is 2.05. The zero-order valence-electron chi connectivity index (χ0n) is 16.2. The van der Waals surface area contributed by atoms with E-state index in [9.17, 15) is 13.2 Å². The average Bonchev–Trinajstić information content (AvgIpc) is 2.62. The van der Waals surface area contributed by atoms with Crippen LogP contribution in [-0.4, -0.2) is 33.6 Å². The number of carbonyl (C=O) groups excluding carboxylic acids is 1. The molecule has 0 saturated carbocycles. The summed E-state index contributed by atoms with van der Waals surface area (Å²) in [5, 5.41) is 3.01. The number of halogens is 1. The van der Waals surface area contributed by atoms with Gasteiger partial charge >= 0.3 is 0 Å². The number of carbonyl (C=O) groups is 1. The molecule has 0 spiro atoms. The molecule has 0 fully saturated rings. The number of nitrogens with one attached hydrogen (secondary N) is 2. The SMILES string of the molecule is Cc1ccc(S(=O)(=O)Nc2ccc(Cl)c(C(=O)NCCCOC(C)C)c2)cc1. The van der Waals surface area contributed by atoms with Gasteiger partial charge in [0.1, 0.15) is 0 Å². The molecule has 2 N–H and O–H groups in total. The van der Waals surface area contributed by atoms with Gasteiger partial charge in [-0.3, -0.25) is 9.52 Å². The van der Waals surface area contributed by atoms with E-state index in [1.807, 2.05) is 20.8 Å². The van der Waals surface area contributed by atoms with Crippen LogP contribution in [-0.2, 0) is 14.8 Å². The fourth-order valence-corrected chi connectivity index (χ4v) is 3.64. The van der Waals surface area contributed by atoms with Gasteiger partial charge in [0.15, 0.2) is 0 Å². The summed E-state index contributed by atoms with van der Waals surface area (Å²) >= 11 is 6.12. The molecule has 6 nitrogen and oxygen atoms in total. The van der Waals surface area contributed by atoms with Gasteiger partial charge in [-0.2, -0.15) is 0 Å². The lowest BCUT2D eigenvalue weighted by Crippen LogP contribution is -2.26. The Morgan fingerprint density at radius 1 is 1.14 bits per heavy atom. The zero-order chi connectivity index (χ0) is 20.7. The van der Waals surface area contributed by atoms with Crippen molar-refractivity contribution >= 4 is 33.2 Å². The van der Waals surface area contributed by atoms with E-state index in [2.05, 4.69) is 10.0 Å². The first-order chi connectivity index (χ1) is 13.2. The first-order valence-corrected chi connectivity index (χ1v) is 10.8. The fourth-order valence-electron chi connectivity index (χ4n) is 2.38. The molecule has 28 heavy (non-hydrogen) atoms. The number of benzene rings is 2. The molecule has 2 aromatic rings. The standard InChI is InChI=1S/C20H25ClN2O4S/c1-14(2)27-12-4-11-22-20(24)18-13-16(7-10-19(18)21)23-28(25,26)17-8-5-15(3)6-9-17/h5-10,13-14,23H,4,11-12H2,1-3H3,(H,22,24). The van der Waals surface area contributed by atoms with Gasteiger partial charge in [0.25, 0.3) is 15.9 Å². The molecule has 0 aliphatic carbocycles. The van der Waals surface area contributed by atoms with Crippen molar-refractivity contribution in [1.82, 2.24) is 5.32 Å². The van der Waals surface area contributed by atoms with Crippen LogP contribution in [0.2, 0.25) is 5.02 Å². The molecule has 0 aliphatic heterocycles. The topological polar surface area (TPSA) is 84.5 Å². The molecule has 0 bridgehead atoms. The van der Waals surface area contributed by atoms with E-state index in [0.29, 0.717) is 19.6 Å². The maximum Gasteiger partial charge on any atom is 0.261 e. The molecule has 0 heterocycles. The second-order valence-corrected chi connectivity index (χ2v) is 8.73. The Morgan fingerprint density at radius 3 is 2.46 bits per heavy atom. The smallest absolute Gasteiger partial charge is 0.261 e. The minimum atomic E-state index is -3.76. The van der Waals surface area contributed by atoms with Crippen LogP contribution in [0.4, 0.5) is 5.69 Å². The van der Waals surface area contributed by atoms with E-state index in [1.165, 1.54) is 30.3 Å². The van der Waals surface area contributed by atoms with Crippen LogP contribution < -0.4 is 10.0 Å². The maximum absolute atomic E-state index is 12.5. The minimum absolute atomic E-state index is 0.142. The monoisotopic (exact) mass is 424 g/mol. The summed E-state index contributed by atoms with van der Waals surface area (Å²) in [5.74, 6) is -0.370. The molecule has 0 radical (unpaired) electrons. The maximum atomic E-state index is 12.5. The Kier molecular flexibility index (Phi) is 7.86. The lowest BCUT2D eigenvalue weighted by atomic mass is 10.2. The number of rotatable bonds is 9. The van der Waals surface area contributed by atoms with E-state index >= 15 is 0 Å². The van der Waals surface area contributed by atoms with Crippen molar-refractivity contribution in [2.75, 3.05) is 17.9 Å². The first kappa shape index (κ1) is 22.2. The molecule has 0 saturated heterocycles. The zero-order valence-corrected chi connectivity index (χ0v) is 17.7. The van der Waals surface area contributed by atoms with Crippen molar-refractivity contribution in [3.63, 3.8) is 0 Å². The third kappa shape index (κ3) is 6.51. The van der Waals surface area contributed by atoms with Crippen LogP contribution in [0.5, 0.6) is 0 Å². The highest BCUT2D eigenvalue weighted by atomic mass is 35.5. The molecule has 1 amide bonds. The van der Waals surface area contributed by atoms with Crippen LogP contribution in [0, 0.1) is 6.92 Å². The molecule has 2 rings (SSSR count). The number of hydrogen-bond donors (Lipinski definition) is 2. The number of aryl methyl sites for hydroxylation is 1. The van der Waals surface area contributed by atoms with E-state index in [1.54, 1.807) is 12.1 Å². The largest absolute Gasteiger partial charge is 0.379 e. The Bertz CT molecular complexity index is 912. The van der Waals surface area contributed by atoms with Crippen molar-refractivity contribution in [3.05, 3.63) is 58.6 Å². The van der Waals surface area contributed by atoms with Crippen molar-refractivity contribution in [3.8, 4) is 0 Å². The molecular weight excluding hydrogens is 400 g/mol. The highest BCUT2D eigenvalue weighted by Crippen LogP contribution is 2.23. The summed E-state index contributed by atoms with van der Waals surface area (Å²) in [5.41, 5.74) is 1.43. The van der Waals surface area contributed by atoms with Crippen molar-refractivity contribution in [2.45, 2.75) is 38.2 Å². The normalized spacial score (nSPS) is 11.5. The second-order valence-electron chi connectivity index (χ2n) is 6.64. The van der Waals surface area contributed by atoms with Gasteiger partial charge in [-0.15, -0.1) is 0 Å². The quantitative estimate of drug-likeness (QED) is 0.596. The summed E-state index contributed by atoms with van der Waals surface area (Å²) in [6.07, 6.45) is 0.810. The van der Waals surface area contributed by atoms with Gasteiger partial charge in [-0.05, 0) is 57.5 Å². The fraction of sp³-hybridized carbons (Fsp3) is 0.350. The van der Waals surface area contributed by atoms with Crippen LogP contribution in [0.25, 0.3) is 0 Å². The minimum Gasteiger partial charge on any atom is -0.379 e. The number of hydrogen-bond acceptors (Lipinski definition) is 4. The van der Waals surface area contributed by atoms with Crippen LogP contribution in [0.1, 0.15) is 36.2 Å². The van der Waals surface area contributed by atoms with Crippen molar-refractivity contribution in [1.29, 1.82) is 0 Å². The van der Waals surface area contributed by atoms with Gasteiger partial charge in [0.2, 0.25) is 0 Å². The van der Waals surface area contributed by atoms with Crippen LogP contribution >= 0.6 is 11.6 Å². The summed E-state index contributed by atoms with van der Waals surface area (Å²) in [6, 6.07) is 10.9. The molecule has 0 unspecified atom stereocenters. The summed E-state index contributed by atoms with van der Waals surface area (Å²) in [7, 11) is -3.76. The molecule has 8 heteroatoms. The molecular formula is C20H25ClN2O4S. The highest BCUT2D eigenvalue weighted by Gasteiger charge is 2.16. The molecule has 2 aromatic carbocycles. The number of sulfonamides is 1. The van der Waals surface area contributed by atoms with E-state index in [0.717, 1.165) is 5.56 Å². The number of amides is 1. The molecule has 0 aromatic heterocycles. The molecule has 0 aliphatic rings. The van der Waals surface area contributed by atoms with Gasteiger partial charge in [0, 0.05) is 18.8 Å². The Hall–Kier alpha value is -2.09. The lowest BCUT2D eigenvalue weighted by Gasteiger charge is -2.12. The number of anilines is 1. The molecule has 152 valence electrons. The third-order valence-corrected chi connectivity index (χ3v) is 5.58. The summed E-state index contributed by atoms with van der Waals surface area (Å²) < 4.78 is 32.9.